The molecule has 0 spiro atoms. The molecule has 4 aromatic rings. The predicted octanol–water partition coefficient (Wildman–Crippen LogP) is 4.22. The van der Waals surface area contributed by atoms with Gasteiger partial charge in [0.05, 0.1) is 22.8 Å². The molecule has 0 atom stereocenters. The van der Waals surface area contributed by atoms with Crippen LogP contribution in [0.1, 0.15) is 20.8 Å². The zero-order chi connectivity index (χ0) is 26.3. The fourth-order valence-corrected chi connectivity index (χ4v) is 4.18. The summed E-state index contributed by atoms with van der Waals surface area (Å²) in [6, 6.07) is 6.46. The van der Waals surface area contributed by atoms with E-state index in [1.807, 2.05) is 25.7 Å². The van der Waals surface area contributed by atoms with E-state index in [-0.39, 0.29) is 44.6 Å². The smallest absolute Gasteiger partial charge is 0.410 e. The van der Waals surface area contributed by atoms with Crippen molar-refractivity contribution in [1.82, 2.24) is 19.9 Å². The minimum absolute atomic E-state index is 0.00791. The number of aromatic nitrogens is 3. The molecule has 0 bridgehead atoms. The maximum atomic E-state index is 12.9. The molecule has 0 saturated carbocycles. The monoisotopic (exact) mass is 524 g/mol. The number of halogens is 1. The van der Waals surface area contributed by atoms with E-state index >= 15 is 0 Å². The van der Waals surface area contributed by atoms with Crippen LogP contribution < -0.4 is 20.8 Å². The number of nitrogens with zero attached hydrogens (tertiary/aromatic N) is 5. The lowest BCUT2D eigenvalue weighted by molar-refractivity contribution is 0.0240. The van der Waals surface area contributed by atoms with Crippen molar-refractivity contribution < 1.29 is 18.7 Å². The summed E-state index contributed by atoms with van der Waals surface area (Å²) >= 11 is 6.17. The molecule has 1 saturated heterocycles. The molecule has 1 aromatic carbocycles. The lowest BCUT2D eigenvalue weighted by Gasteiger charge is -2.35. The number of carbonyl (C=O) groups is 1. The van der Waals surface area contributed by atoms with Gasteiger partial charge in [0, 0.05) is 32.2 Å². The highest BCUT2D eigenvalue weighted by molar-refractivity contribution is 6.35. The summed E-state index contributed by atoms with van der Waals surface area (Å²) in [5, 5.41) is 0.519. The summed E-state index contributed by atoms with van der Waals surface area (Å²) in [4.78, 5) is 41.8. The van der Waals surface area contributed by atoms with E-state index in [9.17, 15) is 9.59 Å². The molecule has 1 fully saturated rings. The molecule has 1 aliphatic heterocycles. The summed E-state index contributed by atoms with van der Waals surface area (Å²) in [6.45, 7) is 7.66. The van der Waals surface area contributed by atoms with Crippen LogP contribution in [-0.4, -0.2) is 57.7 Å². The maximum absolute atomic E-state index is 12.9. The molecule has 192 valence electrons. The van der Waals surface area contributed by atoms with E-state index in [0.29, 0.717) is 43.5 Å². The topological polar surface area (TPSA) is 137 Å². The van der Waals surface area contributed by atoms with Crippen molar-refractivity contribution in [3.63, 3.8) is 0 Å². The maximum Gasteiger partial charge on any atom is 0.410 e. The second-order valence-corrected chi connectivity index (χ2v) is 9.95. The van der Waals surface area contributed by atoms with Crippen molar-refractivity contribution in [1.29, 1.82) is 0 Å². The Hall–Kier alpha value is -4.12. The Kier molecular flexibility index (Phi) is 6.24. The van der Waals surface area contributed by atoms with Gasteiger partial charge in [-0.15, -0.1) is 0 Å². The average Bonchev–Trinajstić information content (AvgIpc) is 2.85. The summed E-state index contributed by atoms with van der Waals surface area (Å²) < 4.78 is 17.1. The molecule has 2 N–H and O–H groups in total. The Labute approximate surface area is 216 Å². The second-order valence-electron chi connectivity index (χ2n) is 9.54. The molecule has 4 heterocycles. The highest BCUT2D eigenvalue weighted by atomic mass is 35.5. The average molecular weight is 525 g/mol. The van der Waals surface area contributed by atoms with E-state index in [0.717, 1.165) is 0 Å². The third-order valence-corrected chi connectivity index (χ3v) is 5.99. The zero-order valence-corrected chi connectivity index (χ0v) is 21.3. The number of nitrogen functional groups attached to an aromatic ring is 1. The van der Waals surface area contributed by atoms with Gasteiger partial charge in [0.15, 0.2) is 28.4 Å². The molecule has 37 heavy (non-hydrogen) atoms. The Morgan fingerprint density at radius 3 is 2.49 bits per heavy atom. The number of piperazine rings is 1. The van der Waals surface area contributed by atoms with E-state index in [1.54, 1.807) is 23.1 Å². The second kappa shape index (κ2) is 9.40. The van der Waals surface area contributed by atoms with Crippen LogP contribution in [0.3, 0.4) is 0 Å². The lowest BCUT2D eigenvalue weighted by Crippen LogP contribution is -2.50. The van der Waals surface area contributed by atoms with Gasteiger partial charge < -0.3 is 29.4 Å². The molecular weight excluding hydrogens is 500 g/mol. The number of amides is 1. The molecule has 0 aliphatic carbocycles. The van der Waals surface area contributed by atoms with Crippen LogP contribution in [0.15, 0.2) is 45.9 Å². The molecule has 0 radical (unpaired) electrons. The zero-order valence-electron chi connectivity index (χ0n) is 20.5. The number of nitrogens with two attached hydrogens (primary N) is 1. The molecule has 5 rings (SSSR count). The summed E-state index contributed by atoms with van der Waals surface area (Å²) in [5.74, 6) is 1.04. The van der Waals surface area contributed by atoms with Crippen molar-refractivity contribution in [3.8, 4) is 11.5 Å². The largest absolute Gasteiger partial charge is 0.454 e. The third kappa shape index (κ3) is 5.08. The van der Waals surface area contributed by atoms with Crippen molar-refractivity contribution in [3.05, 3.63) is 51.9 Å². The van der Waals surface area contributed by atoms with Gasteiger partial charge in [-0.05, 0) is 32.9 Å². The fourth-order valence-electron chi connectivity index (χ4n) is 3.93. The normalized spacial score (nSPS) is 14.3. The van der Waals surface area contributed by atoms with Crippen molar-refractivity contribution in [2.24, 2.45) is 0 Å². The van der Waals surface area contributed by atoms with E-state index in [4.69, 9.17) is 31.2 Å². The van der Waals surface area contributed by atoms with Crippen LogP contribution in [0.4, 0.5) is 16.6 Å². The van der Waals surface area contributed by atoms with Gasteiger partial charge in [0.2, 0.25) is 11.4 Å². The molecule has 1 aliphatic rings. The van der Waals surface area contributed by atoms with Crippen molar-refractivity contribution in [2.45, 2.75) is 26.4 Å². The first-order valence-electron chi connectivity index (χ1n) is 11.6. The van der Waals surface area contributed by atoms with Gasteiger partial charge >= 0.3 is 6.09 Å². The Morgan fingerprint density at radius 1 is 1.11 bits per heavy atom. The summed E-state index contributed by atoms with van der Waals surface area (Å²) in [6.07, 6.45) is 2.70. The number of benzene rings is 1. The van der Waals surface area contributed by atoms with Crippen molar-refractivity contribution in [2.75, 3.05) is 36.8 Å². The minimum atomic E-state index is -0.538. The highest BCUT2D eigenvalue weighted by Crippen LogP contribution is 2.31. The van der Waals surface area contributed by atoms with E-state index < -0.39 is 5.60 Å². The molecule has 1 amide bonds. The number of pyridine rings is 1. The van der Waals surface area contributed by atoms with Crippen LogP contribution in [0, 0.1) is 0 Å². The van der Waals surface area contributed by atoms with Gasteiger partial charge in [-0.25, -0.2) is 19.7 Å². The quantitative estimate of drug-likeness (QED) is 0.388. The van der Waals surface area contributed by atoms with Crippen molar-refractivity contribution >= 4 is 51.5 Å². The van der Waals surface area contributed by atoms with Crippen LogP contribution in [0.5, 0.6) is 11.5 Å². The number of rotatable bonds is 3. The molecule has 12 heteroatoms. The predicted molar refractivity (Wildman–Crippen MR) is 139 cm³/mol. The SMILES string of the molecule is CC(C)(C)OC(=O)N1CCN(c2ncc(Oc3cc4oc5cccc(Cl)c5c(=O)c4nc3N)cn2)CC1. The Morgan fingerprint density at radius 2 is 1.81 bits per heavy atom. The summed E-state index contributed by atoms with van der Waals surface area (Å²) in [5.41, 5.74) is 5.76. The Balaban J connectivity index is 1.30. The standard InChI is InChI=1S/C25H25ClN6O5/c1-25(2,3)37-24(34)32-9-7-31(8-10-32)23-28-12-14(13-29-23)35-18-11-17-20(30-22(18)27)21(33)19-15(26)5-4-6-16(19)36-17/h4-6,11-13H,7-10H2,1-3H3,(H2,27,30). The molecule has 11 nitrogen and oxygen atoms in total. The number of hydrogen-bond donors (Lipinski definition) is 1. The number of hydrogen-bond acceptors (Lipinski definition) is 10. The number of anilines is 2. The van der Waals surface area contributed by atoms with Gasteiger partial charge in [0.25, 0.3) is 0 Å². The fraction of sp³-hybridized carbons (Fsp3) is 0.320. The number of ether oxygens (including phenoxy) is 2. The molecule has 3 aromatic heterocycles. The molecule has 0 unspecified atom stereocenters. The lowest BCUT2D eigenvalue weighted by atomic mass is 10.2. The van der Waals surface area contributed by atoms with Crippen LogP contribution >= 0.6 is 11.6 Å². The summed E-state index contributed by atoms with van der Waals surface area (Å²) in [7, 11) is 0. The van der Waals surface area contributed by atoms with Gasteiger partial charge in [-0.1, -0.05) is 17.7 Å². The van der Waals surface area contributed by atoms with E-state index in [2.05, 4.69) is 15.0 Å². The first-order valence-corrected chi connectivity index (χ1v) is 12.0. The Bertz CT molecular complexity index is 1540. The number of fused-ring (bicyclic) bond motifs is 2. The highest BCUT2D eigenvalue weighted by Gasteiger charge is 2.26. The first kappa shape index (κ1) is 24.6. The van der Waals surface area contributed by atoms with Crippen LogP contribution in [0.2, 0.25) is 5.02 Å². The minimum Gasteiger partial charge on any atom is -0.454 e. The third-order valence-electron chi connectivity index (χ3n) is 5.67. The van der Waals surface area contributed by atoms with E-state index in [1.165, 1.54) is 18.5 Å². The van der Waals surface area contributed by atoms with Gasteiger partial charge in [-0.3, -0.25) is 4.79 Å². The van der Waals surface area contributed by atoms with Gasteiger partial charge in [0.1, 0.15) is 11.2 Å². The number of carbonyl (C=O) groups excluding carboxylic acids is 1. The van der Waals surface area contributed by atoms with Crippen LogP contribution in [0.25, 0.3) is 22.1 Å². The van der Waals surface area contributed by atoms with Gasteiger partial charge in [-0.2, -0.15) is 0 Å². The molecular formula is C25H25ClN6O5. The first-order chi connectivity index (χ1) is 17.6. The van der Waals surface area contributed by atoms with Crippen LogP contribution in [-0.2, 0) is 4.74 Å².